The number of rotatable bonds is 7. The van der Waals surface area contributed by atoms with Crippen LogP contribution in [0.15, 0.2) is 47.4 Å². The van der Waals surface area contributed by atoms with Gasteiger partial charge in [-0.25, -0.2) is 12.8 Å². The van der Waals surface area contributed by atoms with Crippen molar-refractivity contribution in [1.82, 2.24) is 9.47 Å². The fourth-order valence-corrected chi connectivity index (χ4v) is 5.24. The summed E-state index contributed by atoms with van der Waals surface area (Å²) in [5.74, 6) is 5.95. The zero-order valence-corrected chi connectivity index (χ0v) is 22.6. The van der Waals surface area contributed by atoms with Crippen molar-refractivity contribution in [1.29, 1.82) is 0 Å². The molecule has 1 saturated heterocycles. The smallest absolute Gasteiger partial charge is 0.406 e. The van der Waals surface area contributed by atoms with Gasteiger partial charge in [-0.3, -0.25) is 0 Å². The minimum Gasteiger partial charge on any atom is -0.495 e. The molecule has 0 unspecified atom stereocenters. The minimum atomic E-state index is -4.48. The van der Waals surface area contributed by atoms with Crippen LogP contribution in [-0.4, -0.2) is 76.3 Å². The van der Waals surface area contributed by atoms with Gasteiger partial charge in [-0.2, -0.15) is 13.2 Å². The van der Waals surface area contributed by atoms with Gasteiger partial charge in [-0.1, -0.05) is 12.0 Å². The number of fused-ring (bicyclic) bond motifs is 1. The number of nitrogens with one attached hydrogen (secondary N) is 2. The molecular weight excluding hydrogens is 536 g/mol. The van der Waals surface area contributed by atoms with Crippen molar-refractivity contribution in [2.24, 2.45) is 0 Å². The van der Waals surface area contributed by atoms with Gasteiger partial charge in [0.25, 0.3) is 0 Å². The molecule has 0 saturated carbocycles. The summed E-state index contributed by atoms with van der Waals surface area (Å²) >= 11 is 0. The van der Waals surface area contributed by atoms with Gasteiger partial charge in [0.1, 0.15) is 18.5 Å². The molecule has 7 nitrogen and oxygen atoms in total. The molecule has 39 heavy (non-hydrogen) atoms. The lowest BCUT2D eigenvalue weighted by molar-refractivity contribution is -0.140. The molecule has 3 aromatic rings. The number of aromatic nitrogens is 1. The highest BCUT2D eigenvalue weighted by Gasteiger charge is 2.31. The summed E-state index contributed by atoms with van der Waals surface area (Å²) in [5, 5.41) is 6.73. The van der Waals surface area contributed by atoms with E-state index in [2.05, 4.69) is 22.5 Å². The lowest BCUT2D eigenvalue weighted by Gasteiger charge is -2.33. The largest absolute Gasteiger partial charge is 0.495 e. The van der Waals surface area contributed by atoms with Gasteiger partial charge < -0.3 is 24.8 Å². The second-order valence-corrected chi connectivity index (χ2v) is 11.6. The lowest BCUT2D eigenvalue weighted by Crippen LogP contribution is -2.47. The number of nitrogens with zero attached hydrogens (tertiary/aromatic N) is 2. The van der Waals surface area contributed by atoms with Gasteiger partial charge in [-0.05, 0) is 49.7 Å². The standard InChI is InChI=1S/C27H30F4N4O3S/c1-34-13-11-21(28)24(16-34)33-22-7-4-8-25-20(22)14-18(35(25)17-27(29,30)31)6-5-12-32-23-10-9-19(39(3,36)37)15-26(23)38-2/h4,7-10,14-15,21,24,32-33H,11-13,16-17H2,1-3H3/t21-,24+/m0/s1. The van der Waals surface area contributed by atoms with E-state index in [1.807, 2.05) is 11.9 Å². The van der Waals surface area contributed by atoms with Crippen LogP contribution in [0.3, 0.4) is 0 Å². The van der Waals surface area contributed by atoms with Crippen LogP contribution in [0.1, 0.15) is 12.1 Å². The molecule has 12 heteroatoms. The normalized spacial score (nSPS) is 18.4. The summed E-state index contributed by atoms with van der Waals surface area (Å²) in [6, 6.07) is 10.4. The molecule has 1 aromatic heterocycles. The third kappa shape index (κ3) is 6.96. The minimum absolute atomic E-state index is 0.0607. The number of likely N-dealkylation sites (tertiary alicyclic amines) is 1. The van der Waals surface area contributed by atoms with Crippen molar-refractivity contribution in [3.8, 4) is 17.6 Å². The molecule has 0 amide bonds. The van der Waals surface area contributed by atoms with E-state index in [1.54, 1.807) is 24.3 Å². The third-order valence-electron chi connectivity index (χ3n) is 6.54. The summed E-state index contributed by atoms with van der Waals surface area (Å²) in [4.78, 5) is 2.10. The Morgan fingerprint density at radius 3 is 2.62 bits per heavy atom. The van der Waals surface area contributed by atoms with Gasteiger partial charge in [0.15, 0.2) is 9.84 Å². The van der Waals surface area contributed by atoms with Gasteiger partial charge in [0.05, 0.1) is 41.5 Å². The van der Waals surface area contributed by atoms with Crippen LogP contribution < -0.4 is 15.4 Å². The zero-order chi connectivity index (χ0) is 28.4. The van der Waals surface area contributed by atoms with Crippen LogP contribution in [0.4, 0.5) is 28.9 Å². The maximum atomic E-state index is 14.6. The SMILES string of the molecule is COc1cc(S(C)(=O)=O)ccc1NCC#Cc1cc2c(N[C@@H]3CN(C)CC[C@@H]3F)cccc2n1CC(F)(F)F. The molecule has 0 bridgehead atoms. The van der Waals surface area contributed by atoms with Crippen LogP contribution in [0, 0.1) is 11.8 Å². The molecule has 0 spiro atoms. The average Bonchev–Trinajstić information content (AvgIpc) is 3.20. The number of hydrogen-bond acceptors (Lipinski definition) is 6. The van der Waals surface area contributed by atoms with Gasteiger partial charge in [0.2, 0.25) is 0 Å². The van der Waals surface area contributed by atoms with Gasteiger partial charge in [-0.15, -0.1) is 0 Å². The van der Waals surface area contributed by atoms with Crippen LogP contribution in [0.5, 0.6) is 5.75 Å². The van der Waals surface area contributed by atoms with E-state index in [0.29, 0.717) is 47.5 Å². The van der Waals surface area contributed by atoms with E-state index in [0.717, 1.165) is 10.8 Å². The van der Waals surface area contributed by atoms with E-state index in [9.17, 15) is 26.0 Å². The van der Waals surface area contributed by atoms with E-state index < -0.39 is 34.8 Å². The Morgan fingerprint density at radius 1 is 1.15 bits per heavy atom. The summed E-state index contributed by atoms with van der Waals surface area (Å²) in [6.07, 6.45) is -4.08. The first-order valence-corrected chi connectivity index (χ1v) is 14.1. The quantitative estimate of drug-likeness (QED) is 0.323. The molecule has 2 heterocycles. The highest BCUT2D eigenvalue weighted by atomic mass is 32.2. The molecular formula is C27H30F4N4O3S. The summed E-state index contributed by atoms with van der Waals surface area (Å²) < 4.78 is 85.0. The number of alkyl halides is 4. The molecule has 1 aliphatic rings. The first kappa shape index (κ1) is 28.6. The monoisotopic (exact) mass is 566 g/mol. The first-order chi connectivity index (χ1) is 18.4. The second kappa shape index (κ2) is 11.4. The van der Waals surface area contributed by atoms with E-state index >= 15 is 0 Å². The van der Waals surface area contributed by atoms with Gasteiger partial charge >= 0.3 is 6.18 Å². The number of piperidine rings is 1. The topological polar surface area (TPSA) is 75.6 Å². The van der Waals surface area contributed by atoms with Crippen molar-refractivity contribution in [2.45, 2.75) is 36.3 Å². The lowest BCUT2D eigenvalue weighted by atomic mass is 10.0. The highest BCUT2D eigenvalue weighted by Crippen LogP contribution is 2.32. The molecule has 2 atom stereocenters. The maximum absolute atomic E-state index is 14.6. The first-order valence-electron chi connectivity index (χ1n) is 12.2. The zero-order valence-electron chi connectivity index (χ0n) is 21.8. The number of sulfone groups is 1. The molecule has 210 valence electrons. The van der Waals surface area contributed by atoms with E-state index in [-0.39, 0.29) is 17.1 Å². The molecule has 0 radical (unpaired) electrons. The number of likely N-dealkylation sites (N-methyl/N-ethyl adjacent to an activating group) is 1. The Balaban J connectivity index is 1.62. The fraction of sp³-hybridized carbons (Fsp3) is 0.407. The van der Waals surface area contributed by atoms with Crippen molar-refractivity contribution in [3.05, 3.63) is 48.2 Å². The number of hydrogen-bond donors (Lipinski definition) is 2. The van der Waals surface area contributed by atoms with Crippen LogP contribution in [0.25, 0.3) is 10.9 Å². The Hall–Kier alpha value is -3.43. The Kier molecular flexibility index (Phi) is 8.32. The predicted molar refractivity (Wildman–Crippen MR) is 144 cm³/mol. The van der Waals surface area contributed by atoms with Crippen molar-refractivity contribution >= 4 is 32.1 Å². The number of anilines is 2. The fourth-order valence-electron chi connectivity index (χ4n) is 4.61. The van der Waals surface area contributed by atoms with E-state index in [4.69, 9.17) is 4.74 Å². The van der Waals surface area contributed by atoms with Crippen LogP contribution in [0.2, 0.25) is 0 Å². The summed E-state index contributed by atoms with van der Waals surface area (Å²) in [5.41, 5.74) is 1.54. The summed E-state index contributed by atoms with van der Waals surface area (Å²) in [7, 11) is -0.124. The Labute approximate surface area is 225 Å². The number of benzene rings is 2. The van der Waals surface area contributed by atoms with Crippen molar-refractivity contribution < 1.29 is 30.7 Å². The number of ether oxygens (including phenoxy) is 1. The number of halogens is 4. The molecule has 4 rings (SSSR count). The molecule has 1 fully saturated rings. The molecule has 0 aliphatic carbocycles. The molecule has 2 N–H and O–H groups in total. The molecule has 1 aliphatic heterocycles. The Bertz CT molecular complexity index is 1510. The Morgan fingerprint density at radius 2 is 1.92 bits per heavy atom. The van der Waals surface area contributed by atoms with Crippen molar-refractivity contribution in [3.63, 3.8) is 0 Å². The van der Waals surface area contributed by atoms with Gasteiger partial charge in [0, 0.05) is 36.5 Å². The third-order valence-corrected chi connectivity index (χ3v) is 7.65. The maximum Gasteiger partial charge on any atom is 0.406 e. The average molecular weight is 567 g/mol. The van der Waals surface area contributed by atoms with Crippen LogP contribution >= 0.6 is 0 Å². The second-order valence-electron chi connectivity index (χ2n) is 9.58. The molecule has 2 aromatic carbocycles. The summed E-state index contributed by atoms with van der Waals surface area (Å²) in [6.45, 7) is -0.0397. The predicted octanol–water partition coefficient (Wildman–Crippen LogP) is 4.53. The number of methoxy groups -OCH3 is 1. The highest BCUT2D eigenvalue weighted by molar-refractivity contribution is 7.90. The van der Waals surface area contributed by atoms with Crippen LogP contribution in [-0.2, 0) is 16.4 Å². The van der Waals surface area contributed by atoms with E-state index in [1.165, 1.54) is 25.3 Å². The van der Waals surface area contributed by atoms with Crippen molar-refractivity contribution in [2.75, 3.05) is 50.7 Å².